The molecule has 2 aliphatic rings. The number of fused-ring (bicyclic) bond motifs is 1. The van der Waals surface area contributed by atoms with Crippen LogP contribution < -0.4 is 10.5 Å². The summed E-state index contributed by atoms with van der Waals surface area (Å²) in [5, 5.41) is 10.0. The minimum Gasteiger partial charge on any atom is -0.508 e. The molecule has 138 valence electrons. The number of benzene rings is 1. The SMILES string of the molecule is C[C@@H]1CCCN(c2nc3c(c(=O)[nH]2)CCN(Cc2ccccc2O)C3)C1. The van der Waals surface area contributed by atoms with Crippen LogP contribution in [0.4, 0.5) is 5.95 Å². The molecule has 6 heteroatoms. The lowest BCUT2D eigenvalue weighted by molar-refractivity contribution is 0.237. The number of aromatic hydroxyl groups is 1. The number of phenols is 1. The molecule has 2 aromatic rings. The van der Waals surface area contributed by atoms with Crippen LogP contribution in [0.25, 0.3) is 0 Å². The third-order valence-corrected chi connectivity index (χ3v) is 5.48. The minimum absolute atomic E-state index is 0.00503. The number of aromatic amines is 1. The highest BCUT2D eigenvalue weighted by Gasteiger charge is 2.24. The van der Waals surface area contributed by atoms with Crippen molar-refractivity contribution in [3.63, 3.8) is 0 Å². The van der Waals surface area contributed by atoms with Crippen molar-refractivity contribution in [1.29, 1.82) is 0 Å². The smallest absolute Gasteiger partial charge is 0.255 e. The first-order valence-corrected chi connectivity index (χ1v) is 9.46. The molecule has 1 fully saturated rings. The lowest BCUT2D eigenvalue weighted by Gasteiger charge is -2.33. The van der Waals surface area contributed by atoms with E-state index in [0.29, 0.717) is 37.1 Å². The summed E-state index contributed by atoms with van der Waals surface area (Å²) in [5.74, 6) is 1.66. The number of anilines is 1. The Labute approximate surface area is 153 Å². The number of aromatic nitrogens is 2. The van der Waals surface area contributed by atoms with Gasteiger partial charge >= 0.3 is 0 Å². The lowest BCUT2D eigenvalue weighted by atomic mass is 10.0. The van der Waals surface area contributed by atoms with E-state index in [1.165, 1.54) is 6.42 Å². The molecule has 2 aliphatic heterocycles. The zero-order valence-corrected chi connectivity index (χ0v) is 15.2. The van der Waals surface area contributed by atoms with Gasteiger partial charge in [0.05, 0.1) is 5.69 Å². The van der Waals surface area contributed by atoms with Crippen molar-refractivity contribution in [1.82, 2.24) is 14.9 Å². The summed E-state index contributed by atoms with van der Waals surface area (Å²) in [5.41, 5.74) is 2.60. The van der Waals surface area contributed by atoms with E-state index >= 15 is 0 Å². The number of piperidine rings is 1. The standard InChI is InChI=1S/C20H26N4O2/c1-14-5-4-9-24(11-14)20-21-17-13-23(10-8-16(17)19(26)22-20)12-15-6-2-3-7-18(15)25/h2-3,6-7,14,25H,4-5,8-13H2,1H3,(H,21,22,26)/t14-/m1/s1. The van der Waals surface area contributed by atoms with Crippen LogP contribution in [0.5, 0.6) is 5.75 Å². The maximum atomic E-state index is 12.5. The topological polar surface area (TPSA) is 72.5 Å². The van der Waals surface area contributed by atoms with Crippen LogP contribution in [0.1, 0.15) is 36.6 Å². The molecule has 0 spiro atoms. The van der Waals surface area contributed by atoms with Gasteiger partial charge in [-0.25, -0.2) is 4.98 Å². The molecule has 1 atom stereocenters. The molecule has 1 aromatic heterocycles. The normalized spacial score (nSPS) is 20.8. The van der Waals surface area contributed by atoms with Crippen molar-refractivity contribution >= 4 is 5.95 Å². The van der Waals surface area contributed by atoms with E-state index in [1.54, 1.807) is 6.07 Å². The van der Waals surface area contributed by atoms with Crippen molar-refractivity contribution in [2.75, 3.05) is 24.5 Å². The van der Waals surface area contributed by atoms with Gasteiger partial charge in [0.25, 0.3) is 5.56 Å². The highest BCUT2D eigenvalue weighted by Crippen LogP contribution is 2.24. The predicted octanol–water partition coefficient (Wildman–Crippen LogP) is 2.27. The van der Waals surface area contributed by atoms with E-state index < -0.39 is 0 Å². The number of nitrogens with one attached hydrogen (secondary N) is 1. The van der Waals surface area contributed by atoms with Crippen molar-refractivity contribution in [3.8, 4) is 5.75 Å². The molecule has 26 heavy (non-hydrogen) atoms. The summed E-state index contributed by atoms with van der Waals surface area (Å²) in [7, 11) is 0. The lowest BCUT2D eigenvalue weighted by Crippen LogP contribution is -2.39. The molecule has 0 saturated carbocycles. The van der Waals surface area contributed by atoms with Gasteiger partial charge in [-0.2, -0.15) is 0 Å². The largest absolute Gasteiger partial charge is 0.508 e. The summed E-state index contributed by atoms with van der Waals surface area (Å²) in [6.45, 7) is 6.25. The molecule has 0 aliphatic carbocycles. The first-order chi connectivity index (χ1) is 12.6. The quantitative estimate of drug-likeness (QED) is 0.885. The number of H-pyrrole nitrogens is 1. The molecule has 0 amide bonds. The molecule has 0 bridgehead atoms. The Morgan fingerprint density at radius 1 is 1.31 bits per heavy atom. The summed E-state index contributed by atoms with van der Waals surface area (Å²) >= 11 is 0. The number of para-hydroxylation sites is 1. The van der Waals surface area contributed by atoms with E-state index in [-0.39, 0.29) is 5.56 Å². The second-order valence-electron chi connectivity index (χ2n) is 7.60. The highest BCUT2D eigenvalue weighted by atomic mass is 16.3. The fourth-order valence-corrected chi connectivity index (χ4v) is 4.03. The van der Waals surface area contributed by atoms with Gasteiger partial charge in [0, 0.05) is 43.9 Å². The first kappa shape index (κ1) is 17.1. The third-order valence-electron chi connectivity index (χ3n) is 5.48. The molecular weight excluding hydrogens is 328 g/mol. The molecule has 1 aromatic carbocycles. The monoisotopic (exact) mass is 354 g/mol. The van der Waals surface area contributed by atoms with Crippen molar-refractivity contribution < 1.29 is 5.11 Å². The van der Waals surface area contributed by atoms with Gasteiger partial charge < -0.3 is 10.0 Å². The average molecular weight is 354 g/mol. The Balaban J connectivity index is 1.56. The molecule has 4 rings (SSSR count). The maximum absolute atomic E-state index is 12.5. The number of hydrogen-bond acceptors (Lipinski definition) is 5. The summed E-state index contributed by atoms with van der Waals surface area (Å²) in [6, 6.07) is 7.42. The van der Waals surface area contributed by atoms with Crippen LogP contribution in [-0.2, 0) is 19.5 Å². The van der Waals surface area contributed by atoms with Gasteiger partial charge in [-0.3, -0.25) is 14.7 Å². The predicted molar refractivity (Wildman–Crippen MR) is 101 cm³/mol. The Morgan fingerprint density at radius 3 is 2.96 bits per heavy atom. The van der Waals surface area contributed by atoms with Crippen LogP contribution in [-0.4, -0.2) is 39.6 Å². The van der Waals surface area contributed by atoms with Crippen LogP contribution in [0.3, 0.4) is 0 Å². The van der Waals surface area contributed by atoms with Gasteiger partial charge in [0.2, 0.25) is 5.95 Å². The Morgan fingerprint density at radius 2 is 2.15 bits per heavy atom. The van der Waals surface area contributed by atoms with E-state index in [2.05, 4.69) is 21.7 Å². The molecule has 3 heterocycles. The van der Waals surface area contributed by atoms with Crippen LogP contribution in [0.2, 0.25) is 0 Å². The van der Waals surface area contributed by atoms with E-state index in [4.69, 9.17) is 4.98 Å². The molecule has 0 radical (unpaired) electrons. The summed E-state index contributed by atoms with van der Waals surface area (Å²) < 4.78 is 0. The second kappa shape index (κ2) is 7.11. The van der Waals surface area contributed by atoms with Crippen molar-refractivity contribution in [2.45, 2.75) is 39.3 Å². The van der Waals surface area contributed by atoms with Gasteiger partial charge in [0.15, 0.2) is 0 Å². The fraction of sp³-hybridized carbons (Fsp3) is 0.500. The van der Waals surface area contributed by atoms with E-state index in [9.17, 15) is 9.90 Å². The number of phenolic OH excluding ortho intramolecular Hbond substituents is 1. The number of nitrogens with zero attached hydrogens (tertiary/aromatic N) is 3. The molecule has 2 N–H and O–H groups in total. The van der Waals surface area contributed by atoms with Crippen LogP contribution >= 0.6 is 0 Å². The fourth-order valence-electron chi connectivity index (χ4n) is 4.03. The first-order valence-electron chi connectivity index (χ1n) is 9.46. The third kappa shape index (κ3) is 3.46. The molecular formula is C20H26N4O2. The van der Waals surface area contributed by atoms with Gasteiger partial charge in [-0.1, -0.05) is 25.1 Å². The Bertz CT molecular complexity index is 848. The zero-order chi connectivity index (χ0) is 18.1. The number of hydrogen-bond donors (Lipinski definition) is 2. The van der Waals surface area contributed by atoms with Gasteiger partial charge in [-0.05, 0) is 31.2 Å². The zero-order valence-electron chi connectivity index (χ0n) is 15.2. The summed E-state index contributed by atoms with van der Waals surface area (Å²) in [6.07, 6.45) is 3.07. The molecule has 1 saturated heterocycles. The van der Waals surface area contributed by atoms with Gasteiger partial charge in [-0.15, -0.1) is 0 Å². The maximum Gasteiger partial charge on any atom is 0.255 e. The van der Waals surface area contributed by atoms with Crippen LogP contribution in [0.15, 0.2) is 29.1 Å². The minimum atomic E-state index is 0.00503. The molecule has 6 nitrogen and oxygen atoms in total. The Kier molecular flexibility index (Phi) is 4.68. The van der Waals surface area contributed by atoms with Crippen molar-refractivity contribution in [3.05, 3.63) is 51.4 Å². The van der Waals surface area contributed by atoms with E-state index in [1.807, 2.05) is 18.2 Å². The number of rotatable bonds is 3. The van der Waals surface area contributed by atoms with Crippen molar-refractivity contribution in [2.24, 2.45) is 5.92 Å². The molecule has 0 unspecified atom stereocenters. The Hall–Kier alpha value is -2.34. The second-order valence-corrected chi connectivity index (χ2v) is 7.60. The highest BCUT2D eigenvalue weighted by molar-refractivity contribution is 5.36. The summed E-state index contributed by atoms with van der Waals surface area (Å²) in [4.78, 5) is 24.8. The van der Waals surface area contributed by atoms with E-state index in [0.717, 1.165) is 42.9 Å². The van der Waals surface area contributed by atoms with Crippen LogP contribution in [0, 0.1) is 5.92 Å². The van der Waals surface area contributed by atoms with Gasteiger partial charge in [0.1, 0.15) is 5.75 Å². The average Bonchev–Trinajstić information content (AvgIpc) is 2.63.